The van der Waals surface area contributed by atoms with Gasteiger partial charge < -0.3 is 5.32 Å². The minimum atomic E-state index is 0.631. The van der Waals surface area contributed by atoms with E-state index in [0.717, 1.165) is 0 Å². The standard InChI is InChI=1S/C14H21N/c1-4-10(2)12-7-8-14-13(9-12)6-5-11(3)15-14/h7-11,15H,4-6H2,1-3H3. The average molecular weight is 203 g/mol. The van der Waals surface area contributed by atoms with Crippen LogP contribution in [0.25, 0.3) is 0 Å². The van der Waals surface area contributed by atoms with Crippen LogP contribution in [0, 0.1) is 0 Å². The Labute approximate surface area is 92.9 Å². The first-order valence-corrected chi connectivity index (χ1v) is 6.10. The summed E-state index contributed by atoms with van der Waals surface area (Å²) < 4.78 is 0. The molecule has 0 bridgehead atoms. The van der Waals surface area contributed by atoms with Crippen LogP contribution in [-0.4, -0.2) is 6.04 Å². The summed E-state index contributed by atoms with van der Waals surface area (Å²) >= 11 is 0. The summed E-state index contributed by atoms with van der Waals surface area (Å²) in [6, 6.07) is 7.55. The molecule has 1 nitrogen and oxygen atoms in total. The lowest BCUT2D eigenvalue weighted by Crippen LogP contribution is -2.21. The van der Waals surface area contributed by atoms with E-state index in [1.807, 2.05) is 0 Å². The monoisotopic (exact) mass is 203 g/mol. The van der Waals surface area contributed by atoms with Crippen molar-refractivity contribution in [3.8, 4) is 0 Å². The Balaban J connectivity index is 2.26. The highest BCUT2D eigenvalue weighted by atomic mass is 14.9. The molecule has 0 aromatic heterocycles. The van der Waals surface area contributed by atoms with E-state index in [2.05, 4.69) is 44.3 Å². The van der Waals surface area contributed by atoms with Crippen molar-refractivity contribution in [2.45, 2.75) is 52.0 Å². The molecular weight excluding hydrogens is 182 g/mol. The van der Waals surface area contributed by atoms with Crippen LogP contribution < -0.4 is 5.32 Å². The minimum absolute atomic E-state index is 0.631. The topological polar surface area (TPSA) is 12.0 Å². The molecule has 1 aliphatic heterocycles. The van der Waals surface area contributed by atoms with Crippen LogP contribution in [0.5, 0.6) is 0 Å². The van der Waals surface area contributed by atoms with Gasteiger partial charge in [0, 0.05) is 11.7 Å². The molecule has 0 amide bonds. The maximum Gasteiger partial charge on any atom is 0.0374 e. The van der Waals surface area contributed by atoms with Crippen molar-refractivity contribution in [3.05, 3.63) is 29.3 Å². The fraction of sp³-hybridized carbons (Fsp3) is 0.571. The highest BCUT2D eigenvalue weighted by Gasteiger charge is 2.14. The zero-order valence-corrected chi connectivity index (χ0v) is 10.0. The second kappa shape index (κ2) is 4.26. The van der Waals surface area contributed by atoms with Gasteiger partial charge in [-0.1, -0.05) is 26.0 Å². The van der Waals surface area contributed by atoms with Gasteiger partial charge in [0.05, 0.1) is 0 Å². The van der Waals surface area contributed by atoms with E-state index < -0.39 is 0 Å². The number of hydrogen-bond donors (Lipinski definition) is 1. The number of anilines is 1. The summed E-state index contributed by atoms with van der Waals surface area (Å²) in [5, 5.41) is 3.54. The second-order valence-electron chi connectivity index (χ2n) is 4.81. The number of aryl methyl sites for hydroxylation is 1. The third-order valence-electron chi connectivity index (χ3n) is 3.56. The summed E-state index contributed by atoms with van der Waals surface area (Å²) in [4.78, 5) is 0. The fourth-order valence-electron chi connectivity index (χ4n) is 2.21. The van der Waals surface area contributed by atoms with E-state index in [1.165, 1.54) is 36.1 Å². The lowest BCUT2D eigenvalue weighted by molar-refractivity contribution is 0.675. The Morgan fingerprint density at radius 2 is 2.27 bits per heavy atom. The van der Waals surface area contributed by atoms with E-state index in [1.54, 1.807) is 0 Å². The Morgan fingerprint density at radius 1 is 1.47 bits per heavy atom. The van der Waals surface area contributed by atoms with Gasteiger partial charge in [-0.2, -0.15) is 0 Å². The summed E-state index contributed by atoms with van der Waals surface area (Å²) in [6.07, 6.45) is 3.72. The lowest BCUT2D eigenvalue weighted by atomic mass is 9.92. The quantitative estimate of drug-likeness (QED) is 0.767. The van der Waals surface area contributed by atoms with Crippen molar-refractivity contribution in [3.63, 3.8) is 0 Å². The first-order valence-electron chi connectivity index (χ1n) is 6.10. The summed E-state index contributed by atoms with van der Waals surface area (Å²) in [7, 11) is 0. The molecule has 82 valence electrons. The summed E-state index contributed by atoms with van der Waals surface area (Å²) in [5.41, 5.74) is 4.35. The van der Waals surface area contributed by atoms with Crippen molar-refractivity contribution >= 4 is 5.69 Å². The van der Waals surface area contributed by atoms with Crippen molar-refractivity contribution in [1.82, 2.24) is 0 Å². The Morgan fingerprint density at radius 3 is 3.00 bits per heavy atom. The molecule has 1 N–H and O–H groups in total. The van der Waals surface area contributed by atoms with Crippen LogP contribution in [-0.2, 0) is 6.42 Å². The number of rotatable bonds is 2. The van der Waals surface area contributed by atoms with Crippen molar-refractivity contribution in [1.29, 1.82) is 0 Å². The molecule has 0 fully saturated rings. The predicted octanol–water partition coefficient (Wildman–Crippen LogP) is 3.95. The largest absolute Gasteiger partial charge is 0.382 e. The zero-order valence-electron chi connectivity index (χ0n) is 10.0. The minimum Gasteiger partial charge on any atom is -0.382 e. The molecule has 0 saturated heterocycles. The van der Waals surface area contributed by atoms with Gasteiger partial charge in [0.2, 0.25) is 0 Å². The maximum atomic E-state index is 3.54. The van der Waals surface area contributed by atoms with Crippen LogP contribution >= 0.6 is 0 Å². The van der Waals surface area contributed by atoms with E-state index >= 15 is 0 Å². The molecule has 0 spiro atoms. The van der Waals surface area contributed by atoms with Gasteiger partial charge in [0.1, 0.15) is 0 Å². The average Bonchev–Trinajstić information content (AvgIpc) is 2.27. The maximum absolute atomic E-state index is 3.54. The molecule has 0 aliphatic carbocycles. The van der Waals surface area contributed by atoms with Crippen molar-refractivity contribution < 1.29 is 0 Å². The van der Waals surface area contributed by atoms with Crippen molar-refractivity contribution in [2.75, 3.05) is 5.32 Å². The number of benzene rings is 1. The SMILES string of the molecule is CCC(C)c1ccc2c(c1)CCC(C)N2. The van der Waals surface area contributed by atoms with E-state index in [4.69, 9.17) is 0 Å². The molecule has 1 heteroatoms. The van der Waals surface area contributed by atoms with Crippen LogP contribution in [0.15, 0.2) is 18.2 Å². The molecule has 15 heavy (non-hydrogen) atoms. The van der Waals surface area contributed by atoms with Gasteiger partial charge in [-0.15, -0.1) is 0 Å². The van der Waals surface area contributed by atoms with Crippen LogP contribution in [0.1, 0.15) is 50.7 Å². The van der Waals surface area contributed by atoms with E-state index in [-0.39, 0.29) is 0 Å². The van der Waals surface area contributed by atoms with Gasteiger partial charge in [0.25, 0.3) is 0 Å². The van der Waals surface area contributed by atoms with Crippen LogP contribution in [0.4, 0.5) is 5.69 Å². The molecular formula is C14H21N. The molecule has 0 radical (unpaired) electrons. The molecule has 2 atom stereocenters. The fourth-order valence-corrected chi connectivity index (χ4v) is 2.21. The Bertz CT molecular complexity index is 343. The number of nitrogens with one attached hydrogen (secondary N) is 1. The van der Waals surface area contributed by atoms with E-state index in [9.17, 15) is 0 Å². The highest BCUT2D eigenvalue weighted by molar-refractivity contribution is 5.55. The first kappa shape index (κ1) is 10.5. The van der Waals surface area contributed by atoms with Crippen LogP contribution in [0.2, 0.25) is 0 Å². The molecule has 1 aromatic carbocycles. The smallest absolute Gasteiger partial charge is 0.0374 e. The molecule has 1 aromatic rings. The third-order valence-corrected chi connectivity index (χ3v) is 3.56. The van der Waals surface area contributed by atoms with Gasteiger partial charge in [0.15, 0.2) is 0 Å². The Hall–Kier alpha value is -0.980. The molecule has 1 aliphatic rings. The molecule has 2 rings (SSSR count). The number of fused-ring (bicyclic) bond motifs is 1. The van der Waals surface area contributed by atoms with Gasteiger partial charge >= 0.3 is 0 Å². The Kier molecular flexibility index (Phi) is 2.99. The van der Waals surface area contributed by atoms with Crippen LogP contribution in [0.3, 0.4) is 0 Å². The molecule has 1 heterocycles. The van der Waals surface area contributed by atoms with Crippen molar-refractivity contribution in [2.24, 2.45) is 0 Å². The van der Waals surface area contributed by atoms with Gasteiger partial charge in [-0.05, 0) is 49.3 Å². The van der Waals surface area contributed by atoms with Gasteiger partial charge in [-0.25, -0.2) is 0 Å². The van der Waals surface area contributed by atoms with E-state index in [0.29, 0.717) is 12.0 Å². The number of hydrogen-bond acceptors (Lipinski definition) is 1. The first-order chi connectivity index (χ1) is 7.20. The van der Waals surface area contributed by atoms with Gasteiger partial charge in [-0.3, -0.25) is 0 Å². The lowest BCUT2D eigenvalue weighted by Gasteiger charge is -2.25. The second-order valence-corrected chi connectivity index (χ2v) is 4.81. The molecule has 2 unspecified atom stereocenters. The highest BCUT2D eigenvalue weighted by Crippen LogP contribution is 2.29. The summed E-state index contributed by atoms with van der Waals surface area (Å²) in [6.45, 7) is 6.82. The third kappa shape index (κ3) is 2.17. The zero-order chi connectivity index (χ0) is 10.8. The normalized spacial score (nSPS) is 21.7. The summed E-state index contributed by atoms with van der Waals surface area (Å²) in [5.74, 6) is 0.689. The molecule has 0 saturated carbocycles. The predicted molar refractivity (Wildman–Crippen MR) is 66.6 cm³/mol.